The van der Waals surface area contributed by atoms with Gasteiger partial charge < -0.3 is 9.15 Å². The second kappa shape index (κ2) is 5.19. The first-order chi connectivity index (χ1) is 6.25. The SMILES string of the molecule is CCOCCC(=O)c1occc1Br. The van der Waals surface area contributed by atoms with E-state index in [2.05, 4.69) is 15.9 Å². The minimum absolute atomic E-state index is 0.0367. The van der Waals surface area contributed by atoms with Crippen LogP contribution in [0.5, 0.6) is 0 Å². The third-order valence-electron chi connectivity index (χ3n) is 1.55. The van der Waals surface area contributed by atoms with Gasteiger partial charge in [-0.05, 0) is 28.9 Å². The van der Waals surface area contributed by atoms with Crippen molar-refractivity contribution < 1.29 is 13.9 Å². The number of ketones is 1. The zero-order valence-corrected chi connectivity index (χ0v) is 8.96. The number of hydrogen-bond acceptors (Lipinski definition) is 3. The van der Waals surface area contributed by atoms with Gasteiger partial charge in [-0.15, -0.1) is 0 Å². The summed E-state index contributed by atoms with van der Waals surface area (Å²) in [7, 11) is 0. The van der Waals surface area contributed by atoms with Gasteiger partial charge in [-0.1, -0.05) is 0 Å². The van der Waals surface area contributed by atoms with Crippen molar-refractivity contribution >= 4 is 21.7 Å². The first-order valence-corrected chi connectivity index (χ1v) is 4.89. The number of Topliss-reactive ketones (excluding diaryl/α,β-unsaturated/α-hetero) is 1. The Hall–Kier alpha value is -0.610. The van der Waals surface area contributed by atoms with Crippen LogP contribution in [-0.2, 0) is 4.74 Å². The van der Waals surface area contributed by atoms with Gasteiger partial charge in [0.2, 0.25) is 5.78 Å². The number of hydrogen-bond donors (Lipinski definition) is 0. The van der Waals surface area contributed by atoms with E-state index in [1.54, 1.807) is 6.07 Å². The molecule has 0 unspecified atom stereocenters. The summed E-state index contributed by atoms with van der Waals surface area (Å²) >= 11 is 3.22. The van der Waals surface area contributed by atoms with E-state index in [0.29, 0.717) is 29.9 Å². The van der Waals surface area contributed by atoms with Gasteiger partial charge in [0.15, 0.2) is 5.76 Å². The van der Waals surface area contributed by atoms with E-state index in [-0.39, 0.29) is 5.78 Å². The number of halogens is 1. The van der Waals surface area contributed by atoms with Crippen LogP contribution in [-0.4, -0.2) is 19.0 Å². The Morgan fingerprint density at radius 3 is 3.00 bits per heavy atom. The van der Waals surface area contributed by atoms with Gasteiger partial charge in [-0.2, -0.15) is 0 Å². The van der Waals surface area contributed by atoms with Crippen molar-refractivity contribution in [1.29, 1.82) is 0 Å². The van der Waals surface area contributed by atoms with Crippen LogP contribution < -0.4 is 0 Å². The molecule has 0 fully saturated rings. The van der Waals surface area contributed by atoms with Crippen LogP contribution >= 0.6 is 15.9 Å². The monoisotopic (exact) mass is 246 g/mol. The molecule has 0 saturated carbocycles. The minimum atomic E-state index is -0.0367. The fourth-order valence-electron chi connectivity index (χ4n) is 0.915. The van der Waals surface area contributed by atoms with Gasteiger partial charge in [-0.3, -0.25) is 4.79 Å². The molecule has 0 aliphatic rings. The first kappa shape index (κ1) is 10.5. The Labute approximate surface area is 85.2 Å². The van der Waals surface area contributed by atoms with Crippen LogP contribution in [0.4, 0.5) is 0 Å². The summed E-state index contributed by atoms with van der Waals surface area (Å²) < 4.78 is 10.8. The Balaban J connectivity index is 2.45. The second-order valence-electron chi connectivity index (χ2n) is 2.47. The predicted molar refractivity (Wildman–Crippen MR) is 51.8 cm³/mol. The molecule has 13 heavy (non-hydrogen) atoms. The lowest BCUT2D eigenvalue weighted by Gasteiger charge is -1.98. The Morgan fingerprint density at radius 2 is 2.46 bits per heavy atom. The molecule has 1 rings (SSSR count). The molecule has 1 heterocycles. The first-order valence-electron chi connectivity index (χ1n) is 4.09. The van der Waals surface area contributed by atoms with Crippen LogP contribution in [0.15, 0.2) is 21.2 Å². The topological polar surface area (TPSA) is 39.4 Å². The number of furan rings is 1. The largest absolute Gasteiger partial charge is 0.460 e. The van der Waals surface area contributed by atoms with E-state index in [1.807, 2.05) is 6.92 Å². The summed E-state index contributed by atoms with van der Waals surface area (Å²) in [5.41, 5.74) is 0. The van der Waals surface area contributed by atoms with Crippen molar-refractivity contribution in [3.8, 4) is 0 Å². The normalized spacial score (nSPS) is 10.3. The van der Waals surface area contributed by atoms with Crippen molar-refractivity contribution in [2.24, 2.45) is 0 Å². The van der Waals surface area contributed by atoms with E-state index in [1.165, 1.54) is 6.26 Å². The maximum atomic E-state index is 11.4. The van der Waals surface area contributed by atoms with E-state index in [9.17, 15) is 4.79 Å². The molecule has 72 valence electrons. The quantitative estimate of drug-likeness (QED) is 0.593. The molecule has 0 bridgehead atoms. The molecule has 0 aliphatic carbocycles. The van der Waals surface area contributed by atoms with Gasteiger partial charge in [-0.25, -0.2) is 0 Å². The van der Waals surface area contributed by atoms with Crippen molar-refractivity contribution in [3.05, 3.63) is 22.6 Å². The summed E-state index contributed by atoms with van der Waals surface area (Å²) in [6, 6.07) is 1.70. The average molecular weight is 247 g/mol. The molecular weight excluding hydrogens is 236 g/mol. The fourth-order valence-corrected chi connectivity index (χ4v) is 1.34. The minimum Gasteiger partial charge on any atom is -0.460 e. The van der Waals surface area contributed by atoms with E-state index >= 15 is 0 Å². The summed E-state index contributed by atoms with van der Waals surface area (Å²) in [5.74, 6) is 0.338. The van der Waals surface area contributed by atoms with Crippen LogP contribution in [0.2, 0.25) is 0 Å². The van der Waals surface area contributed by atoms with E-state index in [0.717, 1.165) is 0 Å². The molecule has 0 aliphatic heterocycles. The average Bonchev–Trinajstić information content (AvgIpc) is 2.52. The summed E-state index contributed by atoms with van der Waals surface area (Å²) in [5, 5.41) is 0. The Kier molecular flexibility index (Phi) is 4.18. The molecule has 0 atom stereocenters. The van der Waals surface area contributed by atoms with Crippen LogP contribution in [0.25, 0.3) is 0 Å². The van der Waals surface area contributed by atoms with Gasteiger partial charge in [0.1, 0.15) is 0 Å². The van der Waals surface area contributed by atoms with E-state index < -0.39 is 0 Å². The number of carbonyl (C=O) groups is 1. The van der Waals surface area contributed by atoms with Crippen molar-refractivity contribution in [2.45, 2.75) is 13.3 Å². The Bertz CT molecular complexity index is 280. The molecule has 0 aromatic carbocycles. The maximum absolute atomic E-state index is 11.4. The zero-order chi connectivity index (χ0) is 9.68. The van der Waals surface area contributed by atoms with Gasteiger partial charge >= 0.3 is 0 Å². The van der Waals surface area contributed by atoms with Crippen LogP contribution in [0.1, 0.15) is 23.9 Å². The number of rotatable bonds is 5. The van der Waals surface area contributed by atoms with Gasteiger partial charge in [0.25, 0.3) is 0 Å². The highest BCUT2D eigenvalue weighted by molar-refractivity contribution is 9.10. The van der Waals surface area contributed by atoms with E-state index in [4.69, 9.17) is 9.15 Å². The molecule has 3 nitrogen and oxygen atoms in total. The smallest absolute Gasteiger partial charge is 0.201 e. The number of carbonyl (C=O) groups excluding carboxylic acids is 1. The molecule has 0 radical (unpaired) electrons. The highest BCUT2D eigenvalue weighted by atomic mass is 79.9. The molecule has 0 N–H and O–H groups in total. The Morgan fingerprint density at radius 1 is 1.69 bits per heavy atom. The second-order valence-corrected chi connectivity index (χ2v) is 3.32. The standard InChI is InChI=1S/C9H11BrO3/c1-2-12-5-4-8(11)9-7(10)3-6-13-9/h3,6H,2,4-5H2,1H3. The molecule has 0 saturated heterocycles. The third kappa shape index (κ3) is 2.97. The lowest BCUT2D eigenvalue weighted by Crippen LogP contribution is -2.04. The molecule has 1 aromatic heterocycles. The summed E-state index contributed by atoms with van der Waals surface area (Å²) in [4.78, 5) is 11.4. The van der Waals surface area contributed by atoms with Crippen molar-refractivity contribution in [1.82, 2.24) is 0 Å². The predicted octanol–water partition coefficient (Wildman–Crippen LogP) is 2.65. The summed E-state index contributed by atoms with van der Waals surface area (Å²) in [6.45, 7) is 2.97. The van der Waals surface area contributed by atoms with Crippen molar-refractivity contribution in [2.75, 3.05) is 13.2 Å². The number of ether oxygens (including phenoxy) is 1. The van der Waals surface area contributed by atoms with Crippen molar-refractivity contribution in [3.63, 3.8) is 0 Å². The highest BCUT2D eigenvalue weighted by Crippen LogP contribution is 2.18. The highest BCUT2D eigenvalue weighted by Gasteiger charge is 2.12. The molecule has 0 spiro atoms. The maximum Gasteiger partial charge on any atom is 0.201 e. The molecule has 4 heteroatoms. The zero-order valence-electron chi connectivity index (χ0n) is 7.38. The molecule has 0 amide bonds. The fraction of sp³-hybridized carbons (Fsp3) is 0.444. The lowest BCUT2D eigenvalue weighted by atomic mass is 10.2. The van der Waals surface area contributed by atoms with Gasteiger partial charge in [0, 0.05) is 13.0 Å². The van der Waals surface area contributed by atoms with Gasteiger partial charge in [0.05, 0.1) is 17.3 Å². The third-order valence-corrected chi connectivity index (χ3v) is 2.17. The van der Waals surface area contributed by atoms with Crippen LogP contribution in [0.3, 0.4) is 0 Å². The molecular formula is C9H11BrO3. The lowest BCUT2D eigenvalue weighted by molar-refractivity contribution is 0.0869. The van der Waals surface area contributed by atoms with Crippen LogP contribution in [0, 0.1) is 0 Å². The summed E-state index contributed by atoms with van der Waals surface area (Å²) in [6.07, 6.45) is 1.85. The molecule has 1 aromatic rings.